The van der Waals surface area contributed by atoms with E-state index < -0.39 is 0 Å². The SMILES string of the molecule is CC1(C)c2ccccc2-c2cc3cc(-c4nc5ccccc5nc4-c4ccccc4)ccc3cc21. The highest BCUT2D eigenvalue weighted by Gasteiger charge is 2.35. The molecule has 0 radical (unpaired) electrons. The van der Waals surface area contributed by atoms with E-state index in [1.165, 1.54) is 33.0 Å². The lowest BCUT2D eigenvalue weighted by atomic mass is 9.82. The van der Waals surface area contributed by atoms with Crippen molar-refractivity contribution in [2.24, 2.45) is 0 Å². The summed E-state index contributed by atoms with van der Waals surface area (Å²) < 4.78 is 0. The fourth-order valence-corrected chi connectivity index (χ4v) is 5.59. The third-order valence-corrected chi connectivity index (χ3v) is 7.43. The van der Waals surface area contributed by atoms with Gasteiger partial charge in [0, 0.05) is 16.5 Å². The quantitative estimate of drug-likeness (QED) is 0.266. The molecule has 0 saturated carbocycles. The Morgan fingerprint density at radius 1 is 0.486 bits per heavy atom. The molecule has 2 nitrogen and oxygen atoms in total. The average molecular weight is 449 g/mol. The molecule has 166 valence electrons. The molecule has 35 heavy (non-hydrogen) atoms. The Morgan fingerprint density at radius 3 is 1.91 bits per heavy atom. The van der Waals surface area contributed by atoms with Crippen molar-refractivity contribution in [2.45, 2.75) is 19.3 Å². The van der Waals surface area contributed by atoms with Crippen molar-refractivity contribution in [2.75, 3.05) is 0 Å². The number of benzene rings is 5. The first-order chi connectivity index (χ1) is 17.1. The molecule has 1 heterocycles. The van der Waals surface area contributed by atoms with Crippen LogP contribution in [0.15, 0.2) is 109 Å². The number of nitrogens with zero attached hydrogens (tertiary/aromatic N) is 2. The van der Waals surface area contributed by atoms with E-state index in [2.05, 4.69) is 92.7 Å². The first-order valence-corrected chi connectivity index (χ1v) is 12.1. The standard InChI is InChI=1S/C33H24N2/c1-33(2)27-13-7-6-12-25(27)26-19-24-18-23(17-16-22(24)20-28(26)33)32-31(21-10-4-3-5-11-21)34-29-14-8-9-15-30(29)35-32/h3-20H,1-2H3. The zero-order valence-electron chi connectivity index (χ0n) is 19.8. The molecule has 2 heteroatoms. The summed E-state index contributed by atoms with van der Waals surface area (Å²) in [5.74, 6) is 0. The predicted octanol–water partition coefficient (Wildman–Crippen LogP) is 8.42. The zero-order valence-corrected chi connectivity index (χ0v) is 19.8. The Morgan fingerprint density at radius 2 is 1.14 bits per heavy atom. The van der Waals surface area contributed by atoms with Crippen LogP contribution in [-0.2, 0) is 5.41 Å². The summed E-state index contributed by atoms with van der Waals surface area (Å²) in [6, 6.07) is 38.7. The molecule has 0 fully saturated rings. The lowest BCUT2D eigenvalue weighted by Crippen LogP contribution is -2.14. The summed E-state index contributed by atoms with van der Waals surface area (Å²) in [7, 11) is 0. The van der Waals surface area contributed by atoms with Crippen molar-refractivity contribution >= 4 is 21.8 Å². The molecule has 1 aliphatic carbocycles. The maximum atomic E-state index is 5.10. The van der Waals surface area contributed by atoms with Gasteiger partial charge in [-0.3, -0.25) is 0 Å². The molecule has 0 aliphatic heterocycles. The van der Waals surface area contributed by atoms with Gasteiger partial charge in [-0.25, -0.2) is 9.97 Å². The first kappa shape index (κ1) is 20.1. The van der Waals surface area contributed by atoms with Gasteiger partial charge in [0.2, 0.25) is 0 Å². The molecule has 0 bridgehead atoms. The van der Waals surface area contributed by atoms with Gasteiger partial charge in [-0.15, -0.1) is 0 Å². The summed E-state index contributed by atoms with van der Waals surface area (Å²) in [4.78, 5) is 10.1. The van der Waals surface area contributed by atoms with Crippen LogP contribution in [0.5, 0.6) is 0 Å². The largest absolute Gasteiger partial charge is 0.244 e. The number of rotatable bonds is 2. The fraction of sp³-hybridized carbons (Fsp3) is 0.0909. The second-order valence-corrected chi connectivity index (χ2v) is 9.91. The summed E-state index contributed by atoms with van der Waals surface area (Å²) in [5.41, 5.74) is 11.3. The van der Waals surface area contributed by atoms with E-state index in [9.17, 15) is 0 Å². The maximum absolute atomic E-state index is 5.10. The van der Waals surface area contributed by atoms with E-state index >= 15 is 0 Å². The highest BCUT2D eigenvalue weighted by atomic mass is 14.8. The van der Waals surface area contributed by atoms with Crippen LogP contribution >= 0.6 is 0 Å². The molecule has 0 amide bonds. The van der Waals surface area contributed by atoms with Crippen molar-refractivity contribution in [1.29, 1.82) is 0 Å². The number of hydrogen-bond acceptors (Lipinski definition) is 2. The van der Waals surface area contributed by atoms with Crippen LogP contribution in [0.1, 0.15) is 25.0 Å². The molecule has 0 unspecified atom stereocenters. The molecule has 5 aromatic carbocycles. The van der Waals surface area contributed by atoms with Crippen LogP contribution < -0.4 is 0 Å². The minimum atomic E-state index is 0.00306. The topological polar surface area (TPSA) is 25.8 Å². The van der Waals surface area contributed by atoms with Gasteiger partial charge in [0.15, 0.2) is 0 Å². The lowest BCUT2D eigenvalue weighted by molar-refractivity contribution is 0.661. The highest BCUT2D eigenvalue weighted by Crippen LogP contribution is 2.49. The van der Waals surface area contributed by atoms with Gasteiger partial charge in [0.1, 0.15) is 0 Å². The number of fused-ring (bicyclic) bond motifs is 5. The van der Waals surface area contributed by atoms with E-state index in [4.69, 9.17) is 9.97 Å². The first-order valence-electron chi connectivity index (χ1n) is 12.1. The smallest absolute Gasteiger partial charge is 0.0973 e. The second kappa shape index (κ2) is 7.35. The van der Waals surface area contributed by atoms with Gasteiger partial charge < -0.3 is 0 Å². The second-order valence-electron chi connectivity index (χ2n) is 9.91. The van der Waals surface area contributed by atoms with Crippen LogP contribution in [0.3, 0.4) is 0 Å². The van der Waals surface area contributed by atoms with Crippen molar-refractivity contribution in [3.05, 3.63) is 120 Å². The van der Waals surface area contributed by atoms with E-state index in [0.717, 1.165) is 33.5 Å². The summed E-state index contributed by atoms with van der Waals surface area (Å²) in [5, 5.41) is 2.48. The third kappa shape index (κ3) is 3.03. The van der Waals surface area contributed by atoms with Crippen LogP contribution in [0, 0.1) is 0 Å². The van der Waals surface area contributed by atoms with E-state index in [1.807, 2.05) is 30.3 Å². The van der Waals surface area contributed by atoms with Gasteiger partial charge in [-0.1, -0.05) is 92.7 Å². The van der Waals surface area contributed by atoms with Gasteiger partial charge in [-0.2, -0.15) is 0 Å². The molecule has 7 rings (SSSR count). The average Bonchev–Trinajstić information content (AvgIpc) is 3.13. The molecular formula is C33H24N2. The Labute approximate surface area is 204 Å². The van der Waals surface area contributed by atoms with Gasteiger partial charge in [0.05, 0.1) is 22.4 Å². The molecule has 0 N–H and O–H groups in total. The molecule has 0 spiro atoms. The van der Waals surface area contributed by atoms with Gasteiger partial charge in [-0.05, 0) is 63.4 Å². The number of para-hydroxylation sites is 2. The van der Waals surface area contributed by atoms with Crippen molar-refractivity contribution in [1.82, 2.24) is 9.97 Å². The Hall–Kier alpha value is -4.30. The predicted molar refractivity (Wildman–Crippen MR) is 145 cm³/mol. The van der Waals surface area contributed by atoms with Crippen LogP contribution in [0.25, 0.3) is 55.4 Å². The number of aromatic nitrogens is 2. The molecule has 1 aromatic heterocycles. The minimum Gasteiger partial charge on any atom is -0.244 e. The highest BCUT2D eigenvalue weighted by molar-refractivity contribution is 5.96. The van der Waals surface area contributed by atoms with Crippen LogP contribution in [0.2, 0.25) is 0 Å². The molecule has 1 aliphatic rings. The Balaban J connectivity index is 1.47. The molecule has 0 saturated heterocycles. The van der Waals surface area contributed by atoms with E-state index in [-0.39, 0.29) is 5.41 Å². The molecular weight excluding hydrogens is 424 g/mol. The monoisotopic (exact) mass is 448 g/mol. The Kier molecular flexibility index (Phi) is 4.22. The van der Waals surface area contributed by atoms with E-state index in [0.29, 0.717) is 0 Å². The third-order valence-electron chi connectivity index (χ3n) is 7.43. The fourth-order valence-electron chi connectivity index (χ4n) is 5.59. The Bertz CT molecular complexity index is 1760. The molecule has 0 atom stereocenters. The number of hydrogen-bond donors (Lipinski definition) is 0. The summed E-state index contributed by atoms with van der Waals surface area (Å²) in [6.07, 6.45) is 0. The van der Waals surface area contributed by atoms with Crippen LogP contribution in [-0.4, -0.2) is 9.97 Å². The minimum absolute atomic E-state index is 0.00306. The van der Waals surface area contributed by atoms with Crippen molar-refractivity contribution in [3.63, 3.8) is 0 Å². The van der Waals surface area contributed by atoms with Crippen LogP contribution in [0.4, 0.5) is 0 Å². The normalized spacial score (nSPS) is 13.7. The molecule has 6 aromatic rings. The summed E-state index contributed by atoms with van der Waals surface area (Å²) >= 11 is 0. The maximum Gasteiger partial charge on any atom is 0.0973 e. The van der Waals surface area contributed by atoms with Crippen molar-refractivity contribution < 1.29 is 0 Å². The summed E-state index contributed by atoms with van der Waals surface area (Å²) in [6.45, 7) is 4.66. The zero-order chi connectivity index (χ0) is 23.6. The van der Waals surface area contributed by atoms with Gasteiger partial charge >= 0.3 is 0 Å². The van der Waals surface area contributed by atoms with E-state index in [1.54, 1.807) is 0 Å². The van der Waals surface area contributed by atoms with Crippen molar-refractivity contribution in [3.8, 4) is 33.6 Å². The lowest BCUT2D eigenvalue weighted by Gasteiger charge is -2.21. The van der Waals surface area contributed by atoms with Gasteiger partial charge in [0.25, 0.3) is 0 Å².